The number of nitrogens with one attached hydrogen (secondary N) is 1. The van der Waals surface area contributed by atoms with Crippen molar-refractivity contribution in [2.24, 2.45) is 0 Å². The number of fused-ring (bicyclic) bond motifs is 1. The van der Waals surface area contributed by atoms with Crippen LogP contribution in [0.5, 0.6) is 5.75 Å². The van der Waals surface area contributed by atoms with Gasteiger partial charge < -0.3 is 15.0 Å². The van der Waals surface area contributed by atoms with Gasteiger partial charge in [0, 0.05) is 18.8 Å². The van der Waals surface area contributed by atoms with E-state index >= 15 is 0 Å². The topological polar surface area (TPSA) is 79.0 Å². The van der Waals surface area contributed by atoms with Gasteiger partial charge in [-0.05, 0) is 49.6 Å². The smallest absolute Gasteiger partial charge is 0.262 e. The average Bonchev–Trinajstić information content (AvgIpc) is 2.99. The largest absolute Gasteiger partial charge is 0.495 e. The first-order chi connectivity index (χ1) is 14.1. The number of ether oxygens (including phenoxy) is 1. The van der Waals surface area contributed by atoms with Gasteiger partial charge in [0.05, 0.1) is 23.9 Å². The van der Waals surface area contributed by atoms with Crippen LogP contribution in [0, 0.1) is 0 Å². The molecule has 7 heteroatoms. The number of methoxy groups -OCH3 is 1. The van der Waals surface area contributed by atoms with Crippen LogP contribution in [0.15, 0.2) is 42.5 Å². The Kier molecular flexibility index (Phi) is 5.20. The number of amides is 3. The first-order valence-corrected chi connectivity index (χ1v) is 9.76. The Morgan fingerprint density at radius 1 is 1.00 bits per heavy atom. The summed E-state index contributed by atoms with van der Waals surface area (Å²) in [5, 5.41) is 2.80. The number of hydrogen-bond acceptors (Lipinski definition) is 5. The molecule has 4 rings (SSSR count). The summed E-state index contributed by atoms with van der Waals surface area (Å²) in [6.07, 6.45) is 3.53. The van der Waals surface area contributed by atoms with Gasteiger partial charge in [-0.15, -0.1) is 0 Å². The number of hydrogen-bond donors (Lipinski definition) is 1. The van der Waals surface area contributed by atoms with Gasteiger partial charge >= 0.3 is 0 Å². The van der Waals surface area contributed by atoms with E-state index < -0.39 is 17.7 Å². The standard InChI is InChI=1S/C22H23N3O4/c1-29-19-10-9-15(24-11-5-2-6-12-24)13-18(19)23-20(26)14-25-21(27)16-7-3-4-8-17(16)22(25)28/h3-4,7-10,13H,2,5-6,11-12,14H2,1H3,(H,23,26). The Morgan fingerprint density at radius 2 is 1.66 bits per heavy atom. The van der Waals surface area contributed by atoms with Gasteiger partial charge in [0.2, 0.25) is 5.91 Å². The van der Waals surface area contributed by atoms with Gasteiger partial charge in [-0.1, -0.05) is 12.1 Å². The number of benzene rings is 2. The molecule has 2 heterocycles. The Labute approximate surface area is 169 Å². The van der Waals surface area contributed by atoms with E-state index in [1.807, 2.05) is 18.2 Å². The predicted octanol–water partition coefficient (Wildman–Crippen LogP) is 2.92. The Balaban J connectivity index is 1.49. The highest BCUT2D eigenvalue weighted by Crippen LogP contribution is 2.31. The molecule has 0 aliphatic carbocycles. The second kappa shape index (κ2) is 7.95. The molecule has 150 valence electrons. The lowest BCUT2D eigenvalue weighted by Crippen LogP contribution is -2.37. The van der Waals surface area contributed by atoms with Gasteiger partial charge in [-0.3, -0.25) is 19.3 Å². The fourth-order valence-corrected chi connectivity index (χ4v) is 3.86. The summed E-state index contributed by atoms with van der Waals surface area (Å²) < 4.78 is 5.37. The molecular weight excluding hydrogens is 370 g/mol. The molecule has 2 aliphatic heterocycles. The molecule has 1 N–H and O–H groups in total. The summed E-state index contributed by atoms with van der Waals surface area (Å²) in [7, 11) is 1.54. The third-order valence-electron chi connectivity index (χ3n) is 5.36. The Morgan fingerprint density at radius 3 is 2.28 bits per heavy atom. The van der Waals surface area contributed by atoms with Crippen LogP contribution >= 0.6 is 0 Å². The van der Waals surface area contributed by atoms with Crippen LogP contribution in [-0.2, 0) is 4.79 Å². The molecular formula is C22H23N3O4. The van der Waals surface area contributed by atoms with E-state index in [1.165, 1.54) is 13.5 Å². The zero-order chi connectivity index (χ0) is 20.4. The number of piperidine rings is 1. The summed E-state index contributed by atoms with van der Waals surface area (Å²) in [5.41, 5.74) is 2.20. The summed E-state index contributed by atoms with van der Waals surface area (Å²) in [5.74, 6) is -0.820. The van der Waals surface area contributed by atoms with Gasteiger partial charge in [-0.2, -0.15) is 0 Å². The zero-order valence-electron chi connectivity index (χ0n) is 16.3. The van der Waals surface area contributed by atoms with E-state index in [9.17, 15) is 14.4 Å². The Bertz CT molecular complexity index is 931. The van der Waals surface area contributed by atoms with E-state index in [0.717, 1.165) is 36.5 Å². The third kappa shape index (κ3) is 3.68. The van der Waals surface area contributed by atoms with Crippen molar-refractivity contribution in [3.63, 3.8) is 0 Å². The molecule has 1 saturated heterocycles. The first-order valence-electron chi connectivity index (χ1n) is 9.76. The number of imide groups is 1. The molecule has 2 aromatic rings. The second-order valence-corrected chi connectivity index (χ2v) is 7.22. The van der Waals surface area contributed by atoms with Crippen LogP contribution in [-0.4, -0.2) is 49.4 Å². The predicted molar refractivity (Wildman–Crippen MR) is 109 cm³/mol. The van der Waals surface area contributed by atoms with Gasteiger partial charge in [0.25, 0.3) is 11.8 Å². The lowest BCUT2D eigenvalue weighted by atomic mass is 10.1. The minimum atomic E-state index is -0.450. The number of carbonyl (C=O) groups is 3. The molecule has 0 bridgehead atoms. The minimum Gasteiger partial charge on any atom is -0.495 e. The molecule has 0 unspecified atom stereocenters. The van der Waals surface area contributed by atoms with Crippen molar-refractivity contribution in [3.8, 4) is 5.75 Å². The van der Waals surface area contributed by atoms with Crippen molar-refractivity contribution >= 4 is 29.1 Å². The molecule has 0 spiro atoms. The van der Waals surface area contributed by atoms with Gasteiger partial charge in [-0.25, -0.2) is 0 Å². The van der Waals surface area contributed by atoms with Crippen LogP contribution in [0.4, 0.5) is 11.4 Å². The second-order valence-electron chi connectivity index (χ2n) is 7.22. The highest BCUT2D eigenvalue weighted by Gasteiger charge is 2.36. The monoisotopic (exact) mass is 393 g/mol. The lowest BCUT2D eigenvalue weighted by molar-refractivity contribution is -0.116. The van der Waals surface area contributed by atoms with E-state index in [1.54, 1.807) is 24.3 Å². The van der Waals surface area contributed by atoms with Crippen molar-refractivity contribution < 1.29 is 19.1 Å². The normalized spacial score (nSPS) is 16.0. The quantitative estimate of drug-likeness (QED) is 0.791. The van der Waals surface area contributed by atoms with Crippen molar-refractivity contribution in [2.45, 2.75) is 19.3 Å². The summed E-state index contributed by atoms with van der Waals surface area (Å²) in [6, 6.07) is 12.3. The number of nitrogens with zero attached hydrogens (tertiary/aromatic N) is 2. The fraction of sp³-hybridized carbons (Fsp3) is 0.318. The van der Waals surface area contributed by atoms with E-state index in [0.29, 0.717) is 22.6 Å². The van der Waals surface area contributed by atoms with Gasteiger partial charge in [0.1, 0.15) is 12.3 Å². The maximum atomic E-state index is 12.6. The van der Waals surface area contributed by atoms with Crippen LogP contribution in [0.3, 0.4) is 0 Å². The van der Waals surface area contributed by atoms with Crippen LogP contribution < -0.4 is 15.0 Å². The maximum absolute atomic E-state index is 12.6. The lowest BCUT2D eigenvalue weighted by Gasteiger charge is -2.29. The molecule has 0 aromatic heterocycles. The van der Waals surface area contributed by atoms with Crippen molar-refractivity contribution in [3.05, 3.63) is 53.6 Å². The molecule has 0 atom stereocenters. The third-order valence-corrected chi connectivity index (χ3v) is 5.36. The number of carbonyl (C=O) groups excluding carboxylic acids is 3. The molecule has 0 saturated carbocycles. The first kappa shape index (κ1) is 19.0. The fourth-order valence-electron chi connectivity index (χ4n) is 3.86. The van der Waals surface area contributed by atoms with Crippen molar-refractivity contribution in [1.82, 2.24) is 4.90 Å². The molecule has 7 nitrogen and oxygen atoms in total. The number of rotatable bonds is 5. The van der Waals surface area contributed by atoms with E-state index in [4.69, 9.17) is 4.74 Å². The maximum Gasteiger partial charge on any atom is 0.262 e. The van der Waals surface area contributed by atoms with E-state index in [-0.39, 0.29) is 6.54 Å². The molecule has 1 fully saturated rings. The molecule has 2 aromatic carbocycles. The van der Waals surface area contributed by atoms with Crippen molar-refractivity contribution in [2.75, 3.05) is 37.0 Å². The summed E-state index contributed by atoms with van der Waals surface area (Å²) in [6.45, 7) is 1.62. The minimum absolute atomic E-state index is 0.329. The summed E-state index contributed by atoms with van der Waals surface area (Å²) in [4.78, 5) is 40.8. The Hall–Kier alpha value is -3.35. The van der Waals surface area contributed by atoms with Crippen LogP contribution in [0.2, 0.25) is 0 Å². The molecule has 29 heavy (non-hydrogen) atoms. The molecule has 2 aliphatic rings. The van der Waals surface area contributed by atoms with Crippen molar-refractivity contribution in [1.29, 1.82) is 0 Å². The number of anilines is 2. The highest BCUT2D eigenvalue weighted by molar-refractivity contribution is 6.22. The van der Waals surface area contributed by atoms with Crippen LogP contribution in [0.25, 0.3) is 0 Å². The molecule has 3 amide bonds. The van der Waals surface area contributed by atoms with Gasteiger partial charge in [0.15, 0.2) is 0 Å². The summed E-state index contributed by atoms with van der Waals surface area (Å²) >= 11 is 0. The van der Waals surface area contributed by atoms with E-state index in [2.05, 4.69) is 10.2 Å². The highest BCUT2D eigenvalue weighted by atomic mass is 16.5. The average molecular weight is 393 g/mol. The molecule has 0 radical (unpaired) electrons. The SMILES string of the molecule is COc1ccc(N2CCCCC2)cc1NC(=O)CN1C(=O)c2ccccc2C1=O. The van der Waals surface area contributed by atoms with Crippen LogP contribution in [0.1, 0.15) is 40.0 Å². The zero-order valence-corrected chi connectivity index (χ0v) is 16.3.